The number of nitrogens with one attached hydrogen (secondary N) is 3. The predicted molar refractivity (Wildman–Crippen MR) is 54.4 cm³/mol. The van der Waals surface area contributed by atoms with Crippen molar-refractivity contribution in [2.24, 2.45) is 0 Å². The Labute approximate surface area is 87.7 Å². The fourth-order valence-corrected chi connectivity index (χ4v) is 1.69. The number of rotatable bonds is 3. The van der Waals surface area contributed by atoms with Gasteiger partial charge in [-0.25, -0.2) is 13.2 Å². The summed E-state index contributed by atoms with van der Waals surface area (Å²) in [4.78, 5) is 12.8. The molecule has 1 aromatic rings. The van der Waals surface area contributed by atoms with E-state index in [-0.39, 0.29) is 4.90 Å². The zero-order chi connectivity index (χ0) is 11.3. The van der Waals surface area contributed by atoms with Crippen molar-refractivity contribution in [2.75, 3.05) is 7.05 Å². The summed E-state index contributed by atoms with van der Waals surface area (Å²) < 4.78 is 23.0. The van der Waals surface area contributed by atoms with Crippen molar-refractivity contribution in [2.45, 2.75) is 4.90 Å². The number of hydrogen-bond acceptors (Lipinski definition) is 3. The van der Waals surface area contributed by atoms with Crippen LogP contribution in [0.4, 0.5) is 4.79 Å². The SMILES string of the molecule is CNC(=O)NNS(=O)(=O)c1ccccc1. The largest absolute Gasteiger partial charge is 0.340 e. The average Bonchev–Trinajstić information content (AvgIpc) is 2.27. The molecule has 2 amide bonds. The molecule has 0 aromatic heterocycles. The van der Waals surface area contributed by atoms with E-state index in [0.717, 1.165) is 0 Å². The molecular weight excluding hydrogens is 218 g/mol. The minimum atomic E-state index is -3.69. The van der Waals surface area contributed by atoms with Crippen LogP contribution in [0.1, 0.15) is 0 Å². The molecule has 0 saturated carbocycles. The number of carbonyl (C=O) groups is 1. The number of hydrazine groups is 1. The lowest BCUT2D eigenvalue weighted by atomic mass is 10.4. The minimum Gasteiger partial charge on any atom is -0.340 e. The molecule has 0 aliphatic carbocycles. The predicted octanol–water partition coefficient (Wildman–Crippen LogP) is -0.191. The number of amides is 2. The smallest absolute Gasteiger partial charge is 0.329 e. The van der Waals surface area contributed by atoms with Gasteiger partial charge in [-0.15, -0.1) is 4.83 Å². The highest BCUT2D eigenvalue weighted by molar-refractivity contribution is 7.89. The molecule has 0 spiro atoms. The Balaban J connectivity index is 2.73. The highest BCUT2D eigenvalue weighted by Gasteiger charge is 2.13. The van der Waals surface area contributed by atoms with Gasteiger partial charge in [0, 0.05) is 7.05 Å². The highest BCUT2D eigenvalue weighted by Crippen LogP contribution is 2.05. The Bertz CT molecular complexity index is 430. The lowest BCUT2D eigenvalue weighted by molar-refractivity contribution is 0.241. The quantitative estimate of drug-likeness (QED) is 0.628. The standard InChI is InChI=1S/C8H11N3O3S/c1-9-8(12)10-11-15(13,14)7-5-3-2-4-6-7/h2-6,11H,1H3,(H2,9,10,12). The molecule has 1 rings (SSSR count). The number of carbonyl (C=O) groups excluding carboxylic acids is 1. The van der Waals surface area contributed by atoms with E-state index in [9.17, 15) is 13.2 Å². The van der Waals surface area contributed by atoms with Crippen molar-refractivity contribution in [3.63, 3.8) is 0 Å². The van der Waals surface area contributed by atoms with E-state index in [1.54, 1.807) is 18.2 Å². The van der Waals surface area contributed by atoms with Crippen molar-refractivity contribution in [1.82, 2.24) is 15.6 Å². The third-order valence-corrected chi connectivity index (χ3v) is 2.84. The van der Waals surface area contributed by atoms with Crippen LogP contribution in [0.25, 0.3) is 0 Å². The molecule has 0 heterocycles. The van der Waals surface area contributed by atoms with Gasteiger partial charge in [-0.2, -0.15) is 0 Å². The molecule has 7 heteroatoms. The molecule has 0 aliphatic heterocycles. The van der Waals surface area contributed by atoms with E-state index < -0.39 is 16.1 Å². The lowest BCUT2D eigenvalue weighted by Gasteiger charge is -2.07. The van der Waals surface area contributed by atoms with Crippen LogP contribution in [0, 0.1) is 0 Å². The Hall–Kier alpha value is -1.60. The first-order valence-corrected chi connectivity index (χ1v) is 5.59. The molecule has 3 N–H and O–H groups in total. The highest BCUT2D eigenvalue weighted by atomic mass is 32.2. The number of sulfonamides is 1. The molecule has 0 radical (unpaired) electrons. The molecule has 0 saturated heterocycles. The summed E-state index contributed by atoms with van der Waals surface area (Å²) in [5.41, 5.74) is 1.98. The van der Waals surface area contributed by atoms with Crippen LogP contribution in [0.3, 0.4) is 0 Å². The summed E-state index contributed by atoms with van der Waals surface area (Å²) in [5.74, 6) is 0. The fraction of sp³-hybridized carbons (Fsp3) is 0.125. The normalized spacial score (nSPS) is 10.7. The Morgan fingerprint density at radius 3 is 2.33 bits per heavy atom. The second kappa shape index (κ2) is 4.76. The molecule has 82 valence electrons. The topological polar surface area (TPSA) is 87.3 Å². The summed E-state index contributed by atoms with van der Waals surface area (Å²) in [6, 6.07) is 7.10. The van der Waals surface area contributed by atoms with Gasteiger partial charge < -0.3 is 5.32 Å². The Kier molecular flexibility index (Phi) is 3.64. The summed E-state index contributed by atoms with van der Waals surface area (Å²) in [5, 5.41) is 2.21. The first-order chi connectivity index (χ1) is 7.06. The zero-order valence-corrected chi connectivity index (χ0v) is 8.84. The Morgan fingerprint density at radius 2 is 1.80 bits per heavy atom. The molecule has 0 fully saturated rings. The van der Waals surface area contributed by atoms with Crippen LogP contribution < -0.4 is 15.6 Å². The molecule has 0 unspecified atom stereocenters. The summed E-state index contributed by atoms with van der Waals surface area (Å²) >= 11 is 0. The van der Waals surface area contributed by atoms with Gasteiger partial charge in [-0.05, 0) is 12.1 Å². The van der Waals surface area contributed by atoms with Gasteiger partial charge in [0.1, 0.15) is 0 Å². The lowest BCUT2D eigenvalue weighted by Crippen LogP contribution is -2.45. The minimum absolute atomic E-state index is 0.0846. The van der Waals surface area contributed by atoms with Crippen LogP contribution in [0.2, 0.25) is 0 Å². The molecule has 15 heavy (non-hydrogen) atoms. The van der Waals surface area contributed by atoms with Crippen LogP contribution in [0.5, 0.6) is 0 Å². The number of hydrogen-bond donors (Lipinski definition) is 3. The number of urea groups is 1. The van der Waals surface area contributed by atoms with E-state index in [0.29, 0.717) is 0 Å². The van der Waals surface area contributed by atoms with Gasteiger partial charge in [0.15, 0.2) is 0 Å². The first kappa shape index (κ1) is 11.5. The molecule has 0 aliphatic rings. The summed E-state index contributed by atoms with van der Waals surface area (Å²) in [6.07, 6.45) is 0. The second-order valence-electron chi connectivity index (χ2n) is 2.62. The van der Waals surface area contributed by atoms with E-state index >= 15 is 0 Å². The van der Waals surface area contributed by atoms with Crippen molar-refractivity contribution >= 4 is 16.1 Å². The molecule has 0 bridgehead atoms. The van der Waals surface area contributed by atoms with Gasteiger partial charge in [0.2, 0.25) is 0 Å². The monoisotopic (exact) mass is 229 g/mol. The summed E-state index contributed by atoms with van der Waals surface area (Å²) in [6.45, 7) is 0. The van der Waals surface area contributed by atoms with Crippen LogP contribution in [0.15, 0.2) is 35.2 Å². The maximum atomic E-state index is 11.5. The van der Waals surface area contributed by atoms with E-state index in [4.69, 9.17) is 0 Å². The van der Waals surface area contributed by atoms with Gasteiger partial charge in [-0.1, -0.05) is 18.2 Å². The second-order valence-corrected chi connectivity index (χ2v) is 4.31. The maximum absolute atomic E-state index is 11.5. The van der Waals surface area contributed by atoms with Crippen molar-refractivity contribution in [3.8, 4) is 0 Å². The average molecular weight is 229 g/mol. The van der Waals surface area contributed by atoms with Gasteiger partial charge in [0.25, 0.3) is 10.0 Å². The van der Waals surface area contributed by atoms with Gasteiger partial charge in [0.05, 0.1) is 4.90 Å². The maximum Gasteiger partial charge on any atom is 0.329 e. The van der Waals surface area contributed by atoms with Crippen molar-refractivity contribution in [1.29, 1.82) is 0 Å². The van der Waals surface area contributed by atoms with Crippen LogP contribution >= 0.6 is 0 Å². The zero-order valence-electron chi connectivity index (χ0n) is 8.02. The van der Waals surface area contributed by atoms with E-state index in [1.165, 1.54) is 19.2 Å². The van der Waals surface area contributed by atoms with Gasteiger partial charge >= 0.3 is 6.03 Å². The summed E-state index contributed by atoms with van der Waals surface area (Å²) in [7, 11) is -2.31. The van der Waals surface area contributed by atoms with Gasteiger partial charge in [-0.3, -0.25) is 5.43 Å². The van der Waals surface area contributed by atoms with Crippen molar-refractivity contribution < 1.29 is 13.2 Å². The number of benzene rings is 1. The van der Waals surface area contributed by atoms with Crippen LogP contribution in [-0.2, 0) is 10.0 Å². The van der Waals surface area contributed by atoms with Crippen LogP contribution in [-0.4, -0.2) is 21.5 Å². The van der Waals surface area contributed by atoms with E-state index in [2.05, 4.69) is 5.32 Å². The fourth-order valence-electron chi connectivity index (χ4n) is 0.835. The third kappa shape index (κ3) is 3.22. The van der Waals surface area contributed by atoms with E-state index in [1.807, 2.05) is 10.3 Å². The Morgan fingerprint density at radius 1 is 1.20 bits per heavy atom. The molecule has 1 aromatic carbocycles. The molecular formula is C8H11N3O3S. The third-order valence-electron chi connectivity index (χ3n) is 1.58. The molecule has 6 nitrogen and oxygen atoms in total. The van der Waals surface area contributed by atoms with Crippen molar-refractivity contribution in [3.05, 3.63) is 30.3 Å². The first-order valence-electron chi connectivity index (χ1n) is 4.11. The molecule has 0 atom stereocenters.